The van der Waals surface area contributed by atoms with E-state index in [1.165, 1.54) is 38.5 Å². The number of aryl methyl sites for hydroxylation is 1. The average molecular weight is 259 g/mol. The van der Waals surface area contributed by atoms with Crippen LogP contribution < -0.4 is 0 Å². The van der Waals surface area contributed by atoms with Crippen molar-refractivity contribution < 1.29 is 0 Å². The summed E-state index contributed by atoms with van der Waals surface area (Å²) in [4.78, 5) is 0. The molecule has 0 amide bonds. The van der Waals surface area contributed by atoms with E-state index in [2.05, 4.69) is 10.2 Å². The number of rotatable bonds is 4. The van der Waals surface area contributed by atoms with Gasteiger partial charge in [-0.05, 0) is 19.3 Å². The Morgan fingerprint density at radius 3 is 2.69 bits per heavy atom. The molecule has 1 fully saturated rings. The lowest BCUT2D eigenvalue weighted by Gasteiger charge is -2.20. The molecule has 0 N–H and O–H groups in total. The van der Waals surface area contributed by atoms with E-state index in [-0.39, 0.29) is 5.38 Å². The number of hydrogen-bond acceptors (Lipinski definition) is 3. The van der Waals surface area contributed by atoms with Crippen LogP contribution in [0.3, 0.4) is 0 Å². The summed E-state index contributed by atoms with van der Waals surface area (Å²) in [5, 5.41) is 10.4. The van der Waals surface area contributed by atoms with Crippen LogP contribution >= 0.6 is 22.9 Å². The van der Waals surface area contributed by atoms with Gasteiger partial charge in [0.2, 0.25) is 0 Å². The fraction of sp³-hybridized carbons (Fsp3) is 0.833. The van der Waals surface area contributed by atoms with E-state index in [1.807, 2.05) is 6.92 Å². The predicted octanol–water partition coefficient (Wildman–Crippen LogP) is 4.35. The standard InChI is InChI=1S/C12H19ClN2S/c1-9(13)12-15-14-11(16-12)8-7-10-5-3-2-4-6-10/h9-10H,2-8H2,1H3. The summed E-state index contributed by atoms with van der Waals surface area (Å²) < 4.78 is 0. The molecular weight excluding hydrogens is 240 g/mol. The predicted molar refractivity (Wildman–Crippen MR) is 69.1 cm³/mol. The molecule has 0 aromatic carbocycles. The SMILES string of the molecule is CC(Cl)c1nnc(CCC2CCCCC2)s1. The molecule has 2 nitrogen and oxygen atoms in total. The van der Waals surface area contributed by atoms with Gasteiger partial charge in [-0.2, -0.15) is 0 Å². The van der Waals surface area contributed by atoms with Gasteiger partial charge in [-0.3, -0.25) is 0 Å². The highest BCUT2D eigenvalue weighted by Gasteiger charge is 2.15. The Morgan fingerprint density at radius 1 is 1.31 bits per heavy atom. The van der Waals surface area contributed by atoms with Crippen molar-refractivity contribution in [3.8, 4) is 0 Å². The van der Waals surface area contributed by atoms with Crippen LogP contribution in [-0.2, 0) is 6.42 Å². The summed E-state index contributed by atoms with van der Waals surface area (Å²) in [5.41, 5.74) is 0. The third-order valence-corrected chi connectivity index (χ3v) is 4.82. The highest BCUT2D eigenvalue weighted by Crippen LogP contribution is 2.29. The van der Waals surface area contributed by atoms with Crippen LogP contribution in [0.1, 0.15) is 60.8 Å². The van der Waals surface area contributed by atoms with E-state index >= 15 is 0 Å². The lowest BCUT2D eigenvalue weighted by Crippen LogP contribution is -2.07. The number of nitrogens with zero attached hydrogens (tertiary/aromatic N) is 2. The zero-order chi connectivity index (χ0) is 11.4. The normalized spacial score (nSPS) is 19.9. The van der Waals surface area contributed by atoms with Crippen molar-refractivity contribution >= 4 is 22.9 Å². The Balaban J connectivity index is 1.79. The Bertz CT molecular complexity index is 319. The van der Waals surface area contributed by atoms with Crippen molar-refractivity contribution in [2.45, 2.75) is 57.2 Å². The van der Waals surface area contributed by atoms with Gasteiger partial charge in [0.15, 0.2) is 0 Å². The molecule has 0 saturated heterocycles. The van der Waals surface area contributed by atoms with Gasteiger partial charge in [-0.25, -0.2) is 0 Å². The lowest BCUT2D eigenvalue weighted by molar-refractivity contribution is 0.339. The van der Waals surface area contributed by atoms with E-state index in [0.29, 0.717) is 0 Å². The van der Waals surface area contributed by atoms with Crippen LogP contribution in [0.5, 0.6) is 0 Å². The molecule has 1 unspecified atom stereocenters. The Labute approximate surface area is 106 Å². The Morgan fingerprint density at radius 2 is 2.06 bits per heavy atom. The molecule has 0 radical (unpaired) electrons. The van der Waals surface area contributed by atoms with Gasteiger partial charge in [-0.15, -0.1) is 21.8 Å². The maximum atomic E-state index is 5.97. The average Bonchev–Trinajstić information content (AvgIpc) is 2.76. The minimum Gasteiger partial charge on any atom is -0.144 e. The van der Waals surface area contributed by atoms with Crippen LogP contribution in [0, 0.1) is 5.92 Å². The third-order valence-electron chi connectivity index (χ3n) is 3.31. The fourth-order valence-electron chi connectivity index (χ4n) is 2.33. The van der Waals surface area contributed by atoms with E-state index < -0.39 is 0 Å². The molecular formula is C12H19ClN2S. The minimum absolute atomic E-state index is 0.000862. The second-order valence-electron chi connectivity index (χ2n) is 4.69. The van der Waals surface area contributed by atoms with Crippen molar-refractivity contribution in [2.24, 2.45) is 5.92 Å². The largest absolute Gasteiger partial charge is 0.144 e. The zero-order valence-corrected chi connectivity index (χ0v) is 11.4. The first-order chi connectivity index (χ1) is 7.75. The first-order valence-electron chi connectivity index (χ1n) is 6.22. The molecule has 4 heteroatoms. The van der Waals surface area contributed by atoms with Crippen LogP contribution in [0.2, 0.25) is 0 Å². The molecule has 0 aliphatic heterocycles. The van der Waals surface area contributed by atoms with Crippen molar-refractivity contribution in [1.82, 2.24) is 10.2 Å². The quantitative estimate of drug-likeness (QED) is 0.751. The molecule has 16 heavy (non-hydrogen) atoms. The summed E-state index contributed by atoms with van der Waals surface area (Å²) in [6, 6.07) is 0. The van der Waals surface area contributed by atoms with Crippen LogP contribution in [0.25, 0.3) is 0 Å². The monoisotopic (exact) mass is 258 g/mol. The molecule has 1 heterocycles. The highest BCUT2D eigenvalue weighted by molar-refractivity contribution is 7.11. The van der Waals surface area contributed by atoms with Crippen LogP contribution in [-0.4, -0.2) is 10.2 Å². The summed E-state index contributed by atoms with van der Waals surface area (Å²) >= 11 is 7.65. The summed E-state index contributed by atoms with van der Waals surface area (Å²) in [7, 11) is 0. The van der Waals surface area contributed by atoms with Gasteiger partial charge in [-0.1, -0.05) is 43.4 Å². The molecule has 2 rings (SSSR count). The molecule has 1 atom stereocenters. The van der Waals surface area contributed by atoms with Crippen LogP contribution in [0.15, 0.2) is 0 Å². The van der Waals surface area contributed by atoms with Gasteiger partial charge >= 0.3 is 0 Å². The third kappa shape index (κ3) is 3.42. The smallest absolute Gasteiger partial charge is 0.135 e. The topological polar surface area (TPSA) is 25.8 Å². The zero-order valence-electron chi connectivity index (χ0n) is 9.79. The van der Waals surface area contributed by atoms with Gasteiger partial charge in [0.1, 0.15) is 10.0 Å². The molecule has 1 aliphatic rings. The van der Waals surface area contributed by atoms with E-state index in [0.717, 1.165) is 22.4 Å². The first kappa shape index (κ1) is 12.3. The number of halogens is 1. The number of hydrogen-bond donors (Lipinski definition) is 0. The van der Waals surface area contributed by atoms with Gasteiger partial charge in [0.25, 0.3) is 0 Å². The summed E-state index contributed by atoms with van der Waals surface area (Å²) in [6.45, 7) is 1.95. The molecule has 0 bridgehead atoms. The molecule has 90 valence electrons. The van der Waals surface area contributed by atoms with Gasteiger partial charge < -0.3 is 0 Å². The second kappa shape index (κ2) is 5.97. The molecule has 1 aromatic heterocycles. The maximum absolute atomic E-state index is 5.97. The number of alkyl halides is 1. The van der Waals surface area contributed by atoms with Gasteiger partial charge in [0, 0.05) is 6.42 Å². The second-order valence-corrected chi connectivity index (χ2v) is 6.44. The molecule has 1 saturated carbocycles. The van der Waals surface area contributed by atoms with Gasteiger partial charge in [0.05, 0.1) is 5.38 Å². The molecule has 1 aromatic rings. The first-order valence-corrected chi connectivity index (χ1v) is 7.47. The van der Waals surface area contributed by atoms with Crippen molar-refractivity contribution in [3.05, 3.63) is 10.0 Å². The van der Waals surface area contributed by atoms with Crippen molar-refractivity contribution in [3.63, 3.8) is 0 Å². The summed E-state index contributed by atoms with van der Waals surface area (Å²) in [6.07, 6.45) is 9.48. The Kier molecular flexibility index (Phi) is 4.59. The van der Waals surface area contributed by atoms with E-state index in [4.69, 9.17) is 11.6 Å². The minimum atomic E-state index is 0.000862. The fourth-order valence-corrected chi connectivity index (χ4v) is 3.30. The highest BCUT2D eigenvalue weighted by atomic mass is 35.5. The Hall–Kier alpha value is -0.150. The maximum Gasteiger partial charge on any atom is 0.135 e. The van der Waals surface area contributed by atoms with E-state index in [9.17, 15) is 0 Å². The van der Waals surface area contributed by atoms with Crippen molar-refractivity contribution in [1.29, 1.82) is 0 Å². The van der Waals surface area contributed by atoms with Crippen molar-refractivity contribution in [2.75, 3.05) is 0 Å². The number of aromatic nitrogens is 2. The molecule has 0 spiro atoms. The summed E-state index contributed by atoms with van der Waals surface area (Å²) in [5.74, 6) is 0.925. The lowest BCUT2D eigenvalue weighted by atomic mass is 9.86. The molecule has 1 aliphatic carbocycles. The van der Waals surface area contributed by atoms with E-state index in [1.54, 1.807) is 11.3 Å². The van der Waals surface area contributed by atoms with Crippen LogP contribution in [0.4, 0.5) is 0 Å².